The van der Waals surface area contributed by atoms with Gasteiger partial charge in [-0.3, -0.25) is 19.3 Å². The number of halogens is 3. The van der Waals surface area contributed by atoms with E-state index in [0.717, 1.165) is 12.2 Å². The second kappa shape index (κ2) is 9.82. The van der Waals surface area contributed by atoms with E-state index >= 15 is 0 Å². The molecule has 0 bridgehead atoms. The number of primary amides is 1. The number of benzene rings is 1. The number of nitrogens with zero attached hydrogens (tertiary/aromatic N) is 1. The number of hydrogen-bond donors (Lipinski definition) is 6. The molecule has 4 aliphatic rings. The van der Waals surface area contributed by atoms with E-state index in [1.165, 1.54) is 25.1 Å². The van der Waals surface area contributed by atoms with Gasteiger partial charge in [-0.05, 0) is 56.5 Å². The van der Waals surface area contributed by atoms with Gasteiger partial charge in [0.1, 0.15) is 22.8 Å². The number of aromatic hydroxyl groups is 1. The fraction of sp³-hybridized carbons (Fsp3) is 0.414. The molecular weight excluding hydrogens is 559 g/mol. The zero-order valence-electron chi connectivity index (χ0n) is 22.7. The highest BCUT2D eigenvalue weighted by Crippen LogP contribution is 2.54. The number of hydrogen-bond acceptors (Lipinski definition) is 9. The lowest BCUT2D eigenvalue weighted by molar-refractivity contribution is -0.153. The molecule has 0 aliphatic heterocycles. The van der Waals surface area contributed by atoms with Crippen LogP contribution in [0, 0.1) is 11.8 Å². The minimum atomic E-state index is -4.53. The van der Waals surface area contributed by atoms with Crippen molar-refractivity contribution < 1.29 is 48.0 Å². The predicted octanol–water partition coefficient (Wildman–Crippen LogP) is 1.95. The van der Waals surface area contributed by atoms with Gasteiger partial charge in [0.2, 0.25) is 5.78 Å². The third-order valence-electron chi connectivity index (χ3n) is 8.88. The van der Waals surface area contributed by atoms with Gasteiger partial charge in [-0.2, -0.15) is 13.2 Å². The summed E-state index contributed by atoms with van der Waals surface area (Å²) >= 11 is 0. The number of aliphatic hydroxyl groups excluding tert-OH is 2. The maximum atomic E-state index is 14.0. The average Bonchev–Trinajstić information content (AvgIpc) is 2.90. The largest absolute Gasteiger partial charge is 0.508 e. The number of carbonyl (C=O) groups is 3. The Morgan fingerprint density at radius 1 is 1.19 bits per heavy atom. The highest BCUT2D eigenvalue weighted by Gasteiger charge is 2.64. The molecule has 4 aliphatic carbocycles. The summed E-state index contributed by atoms with van der Waals surface area (Å²) in [6.45, 7) is -0.198. The highest BCUT2D eigenvalue weighted by molar-refractivity contribution is 6.24. The molecule has 0 heterocycles. The number of phenolic OH excluding ortho intramolecular Hbond substituents is 1. The highest BCUT2D eigenvalue weighted by atomic mass is 19.4. The van der Waals surface area contributed by atoms with Crippen LogP contribution < -0.4 is 11.5 Å². The second-order valence-corrected chi connectivity index (χ2v) is 11.4. The molecule has 224 valence electrons. The fourth-order valence-electron chi connectivity index (χ4n) is 6.95. The van der Waals surface area contributed by atoms with Crippen molar-refractivity contribution >= 4 is 23.2 Å². The van der Waals surface area contributed by atoms with Crippen LogP contribution >= 0.6 is 0 Å². The van der Waals surface area contributed by atoms with Gasteiger partial charge in [0.05, 0.1) is 17.2 Å². The number of allylic oxidation sites excluding steroid dienone is 4. The van der Waals surface area contributed by atoms with Gasteiger partial charge in [-0.15, -0.1) is 0 Å². The van der Waals surface area contributed by atoms with Crippen LogP contribution in [0.4, 0.5) is 13.2 Å². The van der Waals surface area contributed by atoms with Crippen LogP contribution in [-0.4, -0.2) is 74.7 Å². The Hall–Kier alpha value is -3.94. The van der Waals surface area contributed by atoms with Gasteiger partial charge in [0.15, 0.2) is 11.4 Å². The Morgan fingerprint density at radius 3 is 2.38 bits per heavy atom. The van der Waals surface area contributed by atoms with Crippen molar-refractivity contribution in [3.05, 3.63) is 69.0 Å². The fourth-order valence-corrected chi connectivity index (χ4v) is 6.95. The van der Waals surface area contributed by atoms with E-state index in [-0.39, 0.29) is 42.5 Å². The summed E-state index contributed by atoms with van der Waals surface area (Å²) in [5.74, 6) is -8.31. The molecule has 1 aromatic carbocycles. The van der Waals surface area contributed by atoms with Crippen molar-refractivity contribution in [3.8, 4) is 5.75 Å². The van der Waals surface area contributed by atoms with Crippen molar-refractivity contribution in [1.29, 1.82) is 0 Å². The molecule has 42 heavy (non-hydrogen) atoms. The average molecular weight is 590 g/mol. The first-order valence-corrected chi connectivity index (χ1v) is 13.2. The summed E-state index contributed by atoms with van der Waals surface area (Å²) < 4.78 is 39.7. The molecule has 1 amide bonds. The Labute approximate surface area is 238 Å². The number of likely N-dealkylation sites (N-methyl/N-ethyl adjacent to an activating group) is 1. The molecule has 1 aromatic rings. The first-order chi connectivity index (χ1) is 19.5. The summed E-state index contributed by atoms with van der Waals surface area (Å²) in [4.78, 5) is 40.7. The minimum absolute atomic E-state index is 0.0163. The molecule has 5 rings (SSSR count). The van der Waals surface area contributed by atoms with Crippen LogP contribution in [0.25, 0.3) is 5.76 Å². The zero-order valence-corrected chi connectivity index (χ0v) is 22.7. The SMILES string of the molecule is CN(C)[C@H]1C(=O)C(C(N)=O)=C(O)[C@@]2(O)C(=O)C3=C(O)c4c(O)c(CN)cc([C@H]5C=CC(C(F)(F)F)=CC5)c4CC3CC12. The van der Waals surface area contributed by atoms with E-state index in [2.05, 4.69) is 0 Å². The van der Waals surface area contributed by atoms with Gasteiger partial charge in [0, 0.05) is 29.5 Å². The number of rotatable bonds is 4. The van der Waals surface area contributed by atoms with E-state index < -0.39 is 81.5 Å². The van der Waals surface area contributed by atoms with Gasteiger partial charge in [-0.1, -0.05) is 18.2 Å². The summed E-state index contributed by atoms with van der Waals surface area (Å²) in [5.41, 5.74) is 7.25. The van der Waals surface area contributed by atoms with Crippen molar-refractivity contribution in [2.24, 2.45) is 23.3 Å². The Bertz CT molecular complexity index is 1560. The number of amides is 1. The topological polar surface area (TPSA) is 187 Å². The molecule has 5 atom stereocenters. The molecule has 2 unspecified atom stereocenters. The lowest BCUT2D eigenvalue weighted by Crippen LogP contribution is -2.65. The van der Waals surface area contributed by atoms with Crippen LogP contribution in [0.2, 0.25) is 0 Å². The molecule has 0 spiro atoms. The van der Waals surface area contributed by atoms with Crippen molar-refractivity contribution in [2.75, 3.05) is 14.1 Å². The molecule has 10 nitrogen and oxygen atoms in total. The number of aliphatic hydroxyl groups is 3. The quantitative estimate of drug-likeness (QED) is 0.285. The molecule has 1 saturated carbocycles. The third-order valence-corrected chi connectivity index (χ3v) is 8.88. The van der Waals surface area contributed by atoms with Crippen molar-refractivity contribution in [1.82, 2.24) is 4.90 Å². The summed E-state index contributed by atoms with van der Waals surface area (Å²) in [5, 5.41) is 45.2. The van der Waals surface area contributed by atoms with E-state index in [0.29, 0.717) is 11.1 Å². The number of alkyl halides is 3. The lowest BCUT2D eigenvalue weighted by Gasteiger charge is -2.50. The Morgan fingerprint density at radius 2 is 1.86 bits per heavy atom. The summed E-state index contributed by atoms with van der Waals surface area (Å²) in [7, 11) is 2.99. The maximum absolute atomic E-state index is 14.0. The number of fused-ring (bicyclic) bond motifs is 3. The van der Waals surface area contributed by atoms with Crippen LogP contribution in [-0.2, 0) is 27.3 Å². The van der Waals surface area contributed by atoms with Crippen LogP contribution in [0.15, 0.2) is 46.8 Å². The monoisotopic (exact) mass is 589 g/mol. The Balaban J connectivity index is 1.70. The lowest BCUT2D eigenvalue weighted by atomic mass is 9.57. The van der Waals surface area contributed by atoms with Gasteiger partial charge >= 0.3 is 6.18 Å². The first kappa shape index (κ1) is 29.5. The van der Waals surface area contributed by atoms with E-state index in [4.69, 9.17) is 11.5 Å². The predicted molar refractivity (Wildman–Crippen MR) is 143 cm³/mol. The number of nitrogens with two attached hydrogens (primary N) is 2. The Kier molecular flexibility index (Phi) is 6.91. The molecular formula is C29H30F3N3O7. The van der Waals surface area contributed by atoms with Crippen molar-refractivity contribution in [3.63, 3.8) is 0 Å². The third kappa shape index (κ3) is 4.09. The molecule has 0 radical (unpaired) electrons. The standard InChI is InChI=1S/C29H30F3N3O7/c1-35(2)21-17-9-12-7-16-15(11-3-5-14(6-4-11)29(30,31)32)8-13(10-33)22(36)19(16)23(37)18(12)25(39)28(17,42)26(40)20(24(21)38)27(34)41/h3,5-6,8,11-12,17,21,36-37,40,42H,4,7,9-10,33H2,1-2H3,(H2,34,41)/t11-,12?,17?,21+,28-/m0/s1. The van der Waals surface area contributed by atoms with Gasteiger partial charge in [-0.25, -0.2) is 0 Å². The van der Waals surface area contributed by atoms with E-state index in [1.54, 1.807) is 6.07 Å². The van der Waals surface area contributed by atoms with E-state index in [9.17, 15) is 48.0 Å². The maximum Gasteiger partial charge on any atom is 0.416 e. The summed E-state index contributed by atoms with van der Waals surface area (Å²) in [6, 6.07) is 0.331. The number of carbonyl (C=O) groups excluding carboxylic acids is 3. The summed E-state index contributed by atoms with van der Waals surface area (Å²) in [6.07, 6.45) is -1.24. The molecule has 0 saturated heterocycles. The number of phenols is 1. The number of Topliss-reactive ketones (excluding diaryl/α,β-unsaturated/α-hetero) is 2. The van der Waals surface area contributed by atoms with Gasteiger partial charge < -0.3 is 31.9 Å². The normalized spacial score (nSPS) is 29.4. The van der Waals surface area contributed by atoms with E-state index in [1.807, 2.05) is 0 Å². The minimum Gasteiger partial charge on any atom is -0.508 e. The van der Waals surface area contributed by atoms with Gasteiger partial charge in [0.25, 0.3) is 5.91 Å². The van der Waals surface area contributed by atoms with Crippen LogP contribution in [0.5, 0.6) is 5.75 Å². The molecule has 1 fully saturated rings. The van der Waals surface area contributed by atoms with Crippen molar-refractivity contribution in [2.45, 2.75) is 49.5 Å². The smallest absolute Gasteiger partial charge is 0.416 e. The molecule has 0 aromatic heterocycles. The molecule has 8 N–H and O–H groups in total. The molecule has 13 heteroatoms. The first-order valence-electron chi connectivity index (χ1n) is 13.2. The van der Waals surface area contributed by atoms with Crippen LogP contribution in [0.1, 0.15) is 41.0 Å². The number of ketones is 2. The zero-order chi connectivity index (χ0) is 31.0. The second-order valence-electron chi connectivity index (χ2n) is 11.4. The van der Waals surface area contributed by atoms with Crippen LogP contribution in [0.3, 0.4) is 0 Å².